The molecule has 0 bridgehead atoms. The van der Waals surface area contributed by atoms with E-state index in [1.54, 1.807) is 28.6 Å². The SMILES string of the molecule is CN(C)CCOc1ccc(N2CCN(S(=O)(=O)c3ccc(Br)cc3)CC2)cc1. The minimum atomic E-state index is -3.45. The first kappa shape index (κ1) is 21.1. The van der Waals surface area contributed by atoms with Crippen LogP contribution in [-0.4, -0.2) is 71.0 Å². The number of piperazine rings is 1. The van der Waals surface area contributed by atoms with E-state index in [4.69, 9.17) is 4.74 Å². The van der Waals surface area contributed by atoms with E-state index in [1.165, 1.54) is 0 Å². The van der Waals surface area contributed by atoms with Gasteiger partial charge < -0.3 is 14.5 Å². The lowest BCUT2D eigenvalue weighted by Crippen LogP contribution is -2.48. The van der Waals surface area contributed by atoms with E-state index in [0.29, 0.717) is 37.7 Å². The van der Waals surface area contributed by atoms with E-state index in [1.807, 2.05) is 38.4 Å². The fourth-order valence-corrected chi connectivity index (χ4v) is 4.73. The second kappa shape index (κ2) is 9.26. The molecule has 6 nitrogen and oxygen atoms in total. The van der Waals surface area contributed by atoms with Gasteiger partial charge in [0, 0.05) is 42.9 Å². The highest BCUT2D eigenvalue weighted by molar-refractivity contribution is 9.10. The van der Waals surface area contributed by atoms with Crippen LogP contribution in [0.15, 0.2) is 57.9 Å². The van der Waals surface area contributed by atoms with E-state index >= 15 is 0 Å². The second-order valence-electron chi connectivity index (χ2n) is 6.99. The van der Waals surface area contributed by atoms with Gasteiger partial charge in [-0.05, 0) is 62.6 Å². The maximum Gasteiger partial charge on any atom is 0.243 e. The zero-order valence-electron chi connectivity index (χ0n) is 16.2. The second-order valence-corrected chi connectivity index (χ2v) is 9.84. The highest BCUT2D eigenvalue weighted by Crippen LogP contribution is 2.24. The van der Waals surface area contributed by atoms with Gasteiger partial charge in [0.05, 0.1) is 4.90 Å². The van der Waals surface area contributed by atoms with Gasteiger partial charge in [-0.25, -0.2) is 8.42 Å². The van der Waals surface area contributed by atoms with Crippen molar-refractivity contribution in [2.45, 2.75) is 4.90 Å². The standard InChI is InChI=1S/C20H26BrN3O3S/c1-22(2)15-16-27-19-7-5-18(6-8-19)23-11-13-24(14-12-23)28(25,26)20-9-3-17(21)4-10-20/h3-10H,11-16H2,1-2H3. The predicted molar refractivity (Wildman–Crippen MR) is 116 cm³/mol. The van der Waals surface area contributed by atoms with Gasteiger partial charge in [0.15, 0.2) is 0 Å². The Labute approximate surface area is 175 Å². The van der Waals surface area contributed by atoms with Crippen LogP contribution in [0, 0.1) is 0 Å². The first-order valence-corrected chi connectivity index (χ1v) is 11.5. The number of sulfonamides is 1. The van der Waals surface area contributed by atoms with Crippen molar-refractivity contribution in [3.05, 3.63) is 53.0 Å². The average molecular weight is 468 g/mol. The van der Waals surface area contributed by atoms with Gasteiger partial charge in [-0.2, -0.15) is 4.31 Å². The first-order chi connectivity index (χ1) is 13.4. The Kier molecular flexibility index (Phi) is 6.98. The number of likely N-dealkylation sites (N-methyl/N-ethyl adjacent to an activating group) is 1. The molecule has 1 fully saturated rings. The third-order valence-corrected chi connectivity index (χ3v) is 7.14. The third kappa shape index (κ3) is 5.26. The lowest BCUT2D eigenvalue weighted by Gasteiger charge is -2.35. The number of benzene rings is 2. The van der Waals surface area contributed by atoms with Crippen molar-refractivity contribution >= 4 is 31.6 Å². The average Bonchev–Trinajstić information content (AvgIpc) is 2.69. The van der Waals surface area contributed by atoms with Crippen LogP contribution >= 0.6 is 15.9 Å². The van der Waals surface area contributed by atoms with Gasteiger partial charge in [-0.3, -0.25) is 0 Å². The quantitative estimate of drug-likeness (QED) is 0.626. The van der Waals surface area contributed by atoms with Crippen LogP contribution in [0.2, 0.25) is 0 Å². The van der Waals surface area contributed by atoms with E-state index in [2.05, 4.69) is 25.7 Å². The zero-order valence-corrected chi connectivity index (χ0v) is 18.6. The van der Waals surface area contributed by atoms with E-state index in [9.17, 15) is 8.42 Å². The Hall–Kier alpha value is -1.61. The zero-order chi connectivity index (χ0) is 20.1. The van der Waals surface area contributed by atoms with Crippen LogP contribution < -0.4 is 9.64 Å². The molecule has 28 heavy (non-hydrogen) atoms. The highest BCUT2D eigenvalue weighted by Gasteiger charge is 2.28. The molecular weight excluding hydrogens is 442 g/mol. The Morgan fingerprint density at radius 2 is 1.57 bits per heavy atom. The Bertz CT molecular complexity index is 863. The topological polar surface area (TPSA) is 53.1 Å². The molecule has 0 unspecified atom stereocenters. The molecule has 0 aliphatic carbocycles. The highest BCUT2D eigenvalue weighted by atomic mass is 79.9. The van der Waals surface area contributed by atoms with Gasteiger partial charge in [-0.15, -0.1) is 0 Å². The van der Waals surface area contributed by atoms with Crippen LogP contribution in [0.5, 0.6) is 5.75 Å². The van der Waals surface area contributed by atoms with E-state index in [-0.39, 0.29) is 0 Å². The van der Waals surface area contributed by atoms with E-state index in [0.717, 1.165) is 22.5 Å². The van der Waals surface area contributed by atoms with Crippen molar-refractivity contribution < 1.29 is 13.2 Å². The molecule has 1 saturated heterocycles. The lowest BCUT2D eigenvalue weighted by atomic mass is 10.2. The fraction of sp³-hybridized carbons (Fsp3) is 0.400. The molecular formula is C20H26BrN3O3S. The number of hydrogen-bond donors (Lipinski definition) is 0. The molecule has 0 aromatic heterocycles. The van der Waals surface area contributed by atoms with E-state index < -0.39 is 10.0 Å². The van der Waals surface area contributed by atoms with Gasteiger partial charge in [0.1, 0.15) is 12.4 Å². The molecule has 1 heterocycles. The number of anilines is 1. The normalized spacial score (nSPS) is 15.8. The summed E-state index contributed by atoms with van der Waals surface area (Å²) in [6.45, 7) is 3.79. The van der Waals surface area contributed by atoms with Crippen molar-refractivity contribution in [2.24, 2.45) is 0 Å². The summed E-state index contributed by atoms with van der Waals surface area (Å²) in [5.74, 6) is 0.849. The van der Waals surface area contributed by atoms with Gasteiger partial charge >= 0.3 is 0 Å². The molecule has 0 spiro atoms. The number of ether oxygens (including phenoxy) is 1. The molecule has 0 N–H and O–H groups in total. The third-order valence-electron chi connectivity index (χ3n) is 4.70. The van der Waals surface area contributed by atoms with Gasteiger partial charge in [-0.1, -0.05) is 15.9 Å². The molecule has 1 aliphatic rings. The summed E-state index contributed by atoms with van der Waals surface area (Å²) in [5, 5.41) is 0. The van der Waals surface area contributed by atoms with Crippen molar-refractivity contribution in [1.82, 2.24) is 9.21 Å². The van der Waals surface area contributed by atoms with Crippen molar-refractivity contribution in [2.75, 3.05) is 58.3 Å². The van der Waals surface area contributed by atoms with Crippen LogP contribution in [0.4, 0.5) is 5.69 Å². The molecule has 3 rings (SSSR count). The molecule has 0 radical (unpaired) electrons. The molecule has 0 saturated carbocycles. The summed E-state index contributed by atoms with van der Waals surface area (Å²) in [6.07, 6.45) is 0. The summed E-state index contributed by atoms with van der Waals surface area (Å²) in [5.41, 5.74) is 1.08. The Balaban J connectivity index is 1.57. The Morgan fingerprint density at radius 3 is 2.14 bits per heavy atom. The number of halogens is 1. The molecule has 0 atom stereocenters. The smallest absolute Gasteiger partial charge is 0.243 e. The first-order valence-electron chi connectivity index (χ1n) is 9.24. The van der Waals surface area contributed by atoms with Crippen LogP contribution in [0.1, 0.15) is 0 Å². The number of rotatable bonds is 7. The summed E-state index contributed by atoms with van der Waals surface area (Å²) in [6, 6.07) is 14.8. The molecule has 0 amide bonds. The number of hydrogen-bond acceptors (Lipinski definition) is 5. The summed E-state index contributed by atoms with van der Waals surface area (Å²) < 4.78 is 33.8. The summed E-state index contributed by atoms with van der Waals surface area (Å²) in [4.78, 5) is 4.62. The molecule has 1 aliphatic heterocycles. The van der Waals surface area contributed by atoms with Crippen molar-refractivity contribution in [3.63, 3.8) is 0 Å². The number of nitrogens with zero attached hydrogens (tertiary/aromatic N) is 3. The molecule has 2 aromatic carbocycles. The minimum Gasteiger partial charge on any atom is -0.492 e. The monoisotopic (exact) mass is 467 g/mol. The van der Waals surface area contributed by atoms with Crippen LogP contribution in [0.3, 0.4) is 0 Å². The molecule has 152 valence electrons. The molecule has 2 aromatic rings. The largest absolute Gasteiger partial charge is 0.492 e. The maximum atomic E-state index is 12.8. The summed E-state index contributed by atoms with van der Waals surface area (Å²) >= 11 is 3.34. The van der Waals surface area contributed by atoms with Gasteiger partial charge in [0.2, 0.25) is 10.0 Å². The van der Waals surface area contributed by atoms with Crippen LogP contribution in [0.25, 0.3) is 0 Å². The fourth-order valence-electron chi connectivity index (χ4n) is 3.04. The minimum absolute atomic E-state index is 0.336. The van der Waals surface area contributed by atoms with Crippen molar-refractivity contribution in [3.8, 4) is 5.75 Å². The molecule has 8 heteroatoms. The lowest BCUT2D eigenvalue weighted by molar-refractivity contribution is 0.261. The summed E-state index contributed by atoms with van der Waals surface area (Å²) in [7, 11) is 0.587. The maximum absolute atomic E-state index is 12.8. The Morgan fingerprint density at radius 1 is 0.964 bits per heavy atom. The predicted octanol–water partition coefficient (Wildman–Crippen LogP) is 2.90. The van der Waals surface area contributed by atoms with Gasteiger partial charge in [0.25, 0.3) is 0 Å². The van der Waals surface area contributed by atoms with Crippen LogP contribution in [-0.2, 0) is 10.0 Å². The van der Waals surface area contributed by atoms with Crippen molar-refractivity contribution in [1.29, 1.82) is 0 Å².